The second-order valence-electron chi connectivity index (χ2n) is 7.04. The van der Waals surface area contributed by atoms with Gasteiger partial charge in [-0.25, -0.2) is 0 Å². The summed E-state index contributed by atoms with van der Waals surface area (Å²) in [4.78, 5) is 26.8. The van der Waals surface area contributed by atoms with Gasteiger partial charge in [0.15, 0.2) is 0 Å². The van der Waals surface area contributed by atoms with Crippen LogP contribution >= 0.6 is 0 Å². The predicted molar refractivity (Wildman–Crippen MR) is 90.1 cm³/mol. The Morgan fingerprint density at radius 3 is 2.83 bits per heavy atom. The number of likely N-dealkylation sites (tertiary alicyclic amines) is 1. The van der Waals surface area contributed by atoms with Gasteiger partial charge >= 0.3 is 0 Å². The molecule has 3 heterocycles. The molecule has 24 heavy (non-hydrogen) atoms. The average Bonchev–Trinajstić information content (AvgIpc) is 2.98. The van der Waals surface area contributed by atoms with Crippen molar-refractivity contribution in [1.29, 1.82) is 0 Å². The number of carbonyl (C=O) groups excluding carboxylic acids is 2. The number of nitrogens with zero attached hydrogens (tertiary/aromatic N) is 3. The molecule has 7 heteroatoms. The standard InChI is InChI=1S/C17H27N5O2/c1-11-14(5-4-8-18-11)20-17(24)13-6-7-15(23)22(3)16(13)12-9-19-21(2)10-12/h9-11,13-14,16,18H,4-8H2,1-3H3,(H,20,24). The van der Waals surface area contributed by atoms with Crippen molar-refractivity contribution in [3.63, 3.8) is 0 Å². The maximum Gasteiger partial charge on any atom is 0.225 e. The van der Waals surface area contributed by atoms with Gasteiger partial charge in [-0.3, -0.25) is 14.3 Å². The van der Waals surface area contributed by atoms with Crippen molar-refractivity contribution in [3.05, 3.63) is 18.0 Å². The van der Waals surface area contributed by atoms with Crippen molar-refractivity contribution in [2.75, 3.05) is 13.6 Å². The van der Waals surface area contributed by atoms with E-state index in [1.165, 1.54) is 0 Å². The molecule has 0 bridgehead atoms. The Morgan fingerprint density at radius 2 is 2.17 bits per heavy atom. The third-order valence-corrected chi connectivity index (χ3v) is 5.35. The van der Waals surface area contributed by atoms with Crippen LogP contribution in [0.4, 0.5) is 0 Å². The number of aryl methyl sites for hydroxylation is 1. The largest absolute Gasteiger partial charge is 0.351 e. The van der Waals surface area contributed by atoms with Crippen LogP contribution in [0.25, 0.3) is 0 Å². The van der Waals surface area contributed by atoms with Crippen molar-refractivity contribution in [2.45, 2.75) is 50.7 Å². The molecule has 2 saturated heterocycles. The van der Waals surface area contributed by atoms with E-state index in [4.69, 9.17) is 0 Å². The first-order chi connectivity index (χ1) is 11.5. The summed E-state index contributed by atoms with van der Waals surface area (Å²) >= 11 is 0. The van der Waals surface area contributed by atoms with E-state index in [0.717, 1.165) is 24.9 Å². The van der Waals surface area contributed by atoms with Crippen LogP contribution in [0.3, 0.4) is 0 Å². The van der Waals surface area contributed by atoms with Crippen LogP contribution in [0.15, 0.2) is 12.4 Å². The highest BCUT2D eigenvalue weighted by molar-refractivity contribution is 5.85. The van der Waals surface area contributed by atoms with E-state index in [0.29, 0.717) is 12.8 Å². The Hall–Kier alpha value is -1.89. The molecule has 132 valence electrons. The van der Waals surface area contributed by atoms with E-state index in [1.807, 2.05) is 13.2 Å². The van der Waals surface area contributed by atoms with Gasteiger partial charge in [0.05, 0.1) is 18.2 Å². The Bertz CT molecular complexity index is 614. The molecular formula is C17H27N5O2. The van der Waals surface area contributed by atoms with Gasteiger partial charge in [0.1, 0.15) is 0 Å². The fourth-order valence-electron chi connectivity index (χ4n) is 3.89. The molecule has 0 radical (unpaired) electrons. The molecule has 2 fully saturated rings. The first kappa shape index (κ1) is 17.0. The van der Waals surface area contributed by atoms with E-state index >= 15 is 0 Å². The van der Waals surface area contributed by atoms with Crippen molar-refractivity contribution in [2.24, 2.45) is 13.0 Å². The van der Waals surface area contributed by atoms with Crippen LogP contribution in [0.5, 0.6) is 0 Å². The van der Waals surface area contributed by atoms with Crippen molar-refractivity contribution in [3.8, 4) is 0 Å². The first-order valence-corrected chi connectivity index (χ1v) is 8.75. The van der Waals surface area contributed by atoms with Crippen molar-refractivity contribution < 1.29 is 9.59 Å². The predicted octanol–water partition coefficient (Wildman–Crippen LogP) is 0.586. The van der Waals surface area contributed by atoms with Crippen molar-refractivity contribution in [1.82, 2.24) is 25.3 Å². The Balaban J connectivity index is 1.78. The number of rotatable bonds is 3. The zero-order valence-electron chi connectivity index (χ0n) is 14.7. The lowest BCUT2D eigenvalue weighted by molar-refractivity contribution is -0.142. The van der Waals surface area contributed by atoms with Gasteiger partial charge in [-0.15, -0.1) is 0 Å². The number of nitrogens with one attached hydrogen (secondary N) is 2. The molecular weight excluding hydrogens is 306 g/mol. The lowest BCUT2D eigenvalue weighted by atomic mass is 9.84. The topological polar surface area (TPSA) is 79.3 Å². The summed E-state index contributed by atoms with van der Waals surface area (Å²) in [5.41, 5.74) is 0.919. The minimum absolute atomic E-state index is 0.0451. The molecule has 7 nitrogen and oxygen atoms in total. The van der Waals surface area contributed by atoms with E-state index in [2.05, 4.69) is 22.7 Å². The second-order valence-corrected chi connectivity index (χ2v) is 7.04. The monoisotopic (exact) mass is 333 g/mol. The lowest BCUT2D eigenvalue weighted by Crippen LogP contribution is -2.55. The van der Waals surface area contributed by atoms with Gasteiger partial charge < -0.3 is 15.5 Å². The third-order valence-electron chi connectivity index (χ3n) is 5.35. The molecule has 1 aromatic rings. The molecule has 0 aromatic carbocycles. The van der Waals surface area contributed by atoms with Gasteiger partial charge in [0, 0.05) is 44.4 Å². The Morgan fingerprint density at radius 1 is 1.38 bits per heavy atom. The van der Waals surface area contributed by atoms with Crippen LogP contribution in [0.1, 0.15) is 44.2 Å². The van der Waals surface area contributed by atoms with Gasteiger partial charge in [-0.1, -0.05) is 0 Å². The lowest BCUT2D eigenvalue weighted by Gasteiger charge is -2.39. The fourth-order valence-corrected chi connectivity index (χ4v) is 3.89. The van der Waals surface area contributed by atoms with Crippen LogP contribution in [-0.4, -0.2) is 52.2 Å². The van der Waals surface area contributed by atoms with Crippen LogP contribution in [-0.2, 0) is 16.6 Å². The molecule has 4 unspecified atom stereocenters. The summed E-state index contributed by atoms with van der Waals surface area (Å²) in [7, 11) is 3.63. The normalized spacial score (nSPS) is 31.1. The SMILES string of the molecule is CC1NCCCC1NC(=O)C1CCC(=O)N(C)C1c1cnn(C)c1. The molecule has 2 aliphatic rings. The van der Waals surface area contributed by atoms with Crippen molar-refractivity contribution >= 4 is 11.8 Å². The number of aromatic nitrogens is 2. The summed E-state index contributed by atoms with van der Waals surface area (Å²) in [6.07, 6.45) is 6.73. The summed E-state index contributed by atoms with van der Waals surface area (Å²) in [6.45, 7) is 3.12. The molecule has 0 spiro atoms. The molecule has 2 amide bonds. The Kier molecular flexibility index (Phi) is 4.89. The zero-order chi connectivity index (χ0) is 17.3. The summed E-state index contributed by atoms with van der Waals surface area (Å²) in [6, 6.07) is 0.193. The third kappa shape index (κ3) is 3.31. The summed E-state index contributed by atoms with van der Waals surface area (Å²) in [5.74, 6) is -0.101. The smallest absolute Gasteiger partial charge is 0.225 e. The van der Waals surface area contributed by atoms with Crippen LogP contribution in [0.2, 0.25) is 0 Å². The summed E-state index contributed by atoms with van der Waals surface area (Å²) < 4.78 is 1.71. The minimum Gasteiger partial charge on any atom is -0.351 e. The Labute approximate surface area is 142 Å². The van der Waals surface area contributed by atoms with Gasteiger partial charge in [0.25, 0.3) is 0 Å². The molecule has 2 N–H and O–H groups in total. The highest BCUT2D eigenvalue weighted by atomic mass is 16.2. The number of amides is 2. The molecule has 4 atom stereocenters. The number of carbonyl (C=O) groups is 2. The molecule has 2 aliphatic heterocycles. The fraction of sp³-hybridized carbons (Fsp3) is 0.706. The van der Waals surface area contributed by atoms with Crippen LogP contribution < -0.4 is 10.6 Å². The van der Waals surface area contributed by atoms with E-state index < -0.39 is 0 Å². The van der Waals surface area contributed by atoms with E-state index in [-0.39, 0.29) is 35.9 Å². The van der Waals surface area contributed by atoms with E-state index in [9.17, 15) is 9.59 Å². The molecule has 1 aromatic heterocycles. The number of hydrogen-bond donors (Lipinski definition) is 2. The zero-order valence-corrected chi connectivity index (χ0v) is 14.7. The highest BCUT2D eigenvalue weighted by Gasteiger charge is 2.40. The van der Waals surface area contributed by atoms with E-state index in [1.54, 1.807) is 22.8 Å². The molecule has 0 saturated carbocycles. The molecule has 0 aliphatic carbocycles. The van der Waals surface area contributed by atoms with Gasteiger partial charge in [0.2, 0.25) is 11.8 Å². The number of piperidine rings is 2. The maximum atomic E-state index is 13.0. The van der Waals surface area contributed by atoms with Crippen LogP contribution in [0, 0.1) is 5.92 Å². The number of hydrogen-bond acceptors (Lipinski definition) is 4. The first-order valence-electron chi connectivity index (χ1n) is 8.75. The second kappa shape index (κ2) is 6.93. The van der Waals surface area contributed by atoms with Gasteiger partial charge in [-0.2, -0.15) is 5.10 Å². The van der Waals surface area contributed by atoms with Gasteiger partial charge in [-0.05, 0) is 32.7 Å². The average molecular weight is 333 g/mol. The minimum atomic E-state index is -0.244. The quantitative estimate of drug-likeness (QED) is 0.848. The highest BCUT2D eigenvalue weighted by Crippen LogP contribution is 2.35. The maximum absolute atomic E-state index is 13.0. The summed E-state index contributed by atoms with van der Waals surface area (Å²) in [5, 5.41) is 10.8. The molecule has 3 rings (SSSR count).